The summed E-state index contributed by atoms with van der Waals surface area (Å²) in [6, 6.07) is 14.3. The van der Waals surface area contributed by atoms with Crippen molar-refractivity contribution in [3.05, 3.63) is 58.6 Å². The highest BCUT2D eigenvalue weighted by atomic mass is 35.5. The van der Waals surface area contributed by atoms with Crippen LogP contribution in [-0.2, 0) is 0 Å². The fraction of sp³-hybridized carbons (Fsp3) is 0.278. The van der Waals surface area contributed by atoms with Gasteiger partial charge in [-0.05, 0) is 54.5 Å². The first-order valence-electron chi connectivity index (χ1n) is 7.06. The van der Waals surface area contributed by atoms with E-state index in [9.17, 15) is 4.79 Å². The number of halogens is 1. The third-order valence-corrected chi connectivity index (χ3v) is 4.48. The minimum Gasteiger partial charge on any atom is -0.294 e. The number of benzene rings is 2. The highest BCUT2D eigenvalue weighted by molar-refractivity contribution is 6.34. The Morgan fingerprint density at radius 3 is 2.50 bits per heavy atom. The van der Waals surface area contributed by atoms with Crippen molar-refractivity contribution in [3.8, 4) is 11.1 Å². The van der Waals surface area contributed by atoms with Gasteiger partial charge in [-0.1, -0.05) is 48.4 Å². The predicted octanol–water partition coefficient (Wildman–Crippen LogP) is 5.48. The maximum Gasteiger partial charge on any atom is 0.161 e. The molecule has 0 aromatic heterocycles. The fourth-order valence-electron chi connectivity index (χ4n) is 2.80. The highest BCUT2D eigenvalue weighted by Crippen LogP contribution is 2.41. The van der Waals surface area contributed by atoms with Crippen LogP contribution in [0.1, 0.15) is 48.0 Å². The van der Waals surface area contributed by atoms with Gasteiger partial charge in [0.25, 0.3) is 0 Å². The van der Waals surface area contributed by atoms with Crippen LogP contribution in [0.3, 0.4) is 0 Å². The van der Waals surface area contributed by atoms with E-state index in [2.05, 4.69) is 24.3 Å². The lowest BCUT2D eigenvalue weighted by molar-refractivity contribution is 0.101. The normalized spacial score (nSPS) is 14.9. The van der Waals surface area contributed by atoms with Crippen molar-refractivity contribution in [2.45, 2.75) is 32.1 Å². The topological polar surface area (TPSA) is 17.1 Å². The number of ketones is 1. The number of hydrogen-bond acceptors (Lipinski definition) is 1. The molecule has 0 N–H and O–H groups in total. The zero-order chi connectivity index (χ0) is 14.1. The van der Waals surface area contributed by atoms with Crippen LogP contribution >= 0.6 is 11.6 Å². The van der Waals surface area contributed by atoms with Crippen molar-refractivity contribution < 1.29 is 4.79 Å². The van der Waals surface area contributed by atoms with Crippen LogP contribution in [0, 0.1) is 0 Å². The quantitative estimate of drug-likeness (QED) is 0.682. The van der Waals surface area contributed by atoms with Crippen LogP contribution in [-0.4, -0.2) is 5.78 Å². The Morgan fingerprint density at radius 2 is 1.90 bits per heavy atom. The van der Waals surface area contributed by atoms with Crippen molar-refractivity contribution in [2.24, 2.45) is 0 Å². The van der Waals surface area contributed by atoms with Crippen LogP contribution in [0.5, 0.6) is 0 Å². The van der Waals surface area contributed by atoms with Gasteiger partial charge in [-0.2, -0.15) is 0 Å². The molecule has 1 nitrogen and oxygen atoms in total. The van der Waals surface area contributed by atoms with Crippen LogP contribution in [0.15, 0.2) is 42.5 Å². The Labute approximate surface area is 124 Å². The van der Waals surface area contributed by atoms with Gasteiger partial charge in [0.15, 0.2) is 5.78 Å². The lowest BCUT2D eigenvalue weighted by Crippen LogP contribution is -2.09. The van der Waals surface area contributed by atoms with E-state index in [4.69, 9.17) is 11.6 Å². The summed E-state index contributed by atoms with van der Waals surface area (Å²) in [5.74, 6) is 0.686. The van der Waals surface area contributed by atoms with Crippen molar-refractivity contribution in [1.29, 1.82) is 0 Å². The summed E-state index contributed by atoms with van der Waals surface area (Å²) < 4.78 is 0. The second-order valence-corrected chi connectivity index (χ2v) is 5.87. The molecule has 2 heteroatoms. The highest BCUT2D eigenvalue weighted by Gasteiger charge is 2.22. The molecule has 0 aliphatic heterocycles. The molecule has 0 heterocycles. The second kappa shape index (κ2) is 5.41. The lowest BCUT2D eigenvalue weighted by atomic mass is 9.77. The molecule has 0 saturated heterocycles. The van der Waals surface area contributed by atoms with E-state index in [0.717, 1.165) is 5.56 Å². The minimum absolute atomic E-state index is 0.00817. The summed E-state index contributed by atoms with van der Waals surface area (Å²) >= 11 is 6.23. The summed E-state index contributed by atoms with van der Waals surface area (Å²) in [6.45, 7) is 1.54. The van der Waals surface area contributed by atoms with Gasteiger partial charge < -0.3 is 0 Å². The fourth-order valence-corrected chi connectivity index (χ4v) is 3.12. The minimum atomic E-state index is 0.00817. The van der Waals surface area contributed by atoms with Crippen molar-refractivity contribution >= 4 is 17.4 Å². The number of Topliss-reactive ketones (excluding diaryl/α,β-unsaturated/α-hetero) is 1. The van der Waals surface area contributed by atoms with E-state index in [1.165, 1.54) is 30.4 Å². The molecule has 20 heavy (non-hydrogen) atoms. The summed E-state index contributed by atoms with van der Waals surface area (Å²) in [6.07, 6.45) is 3.87. The largest absolute Gasteiger partial charge is 0.294 e. The van der Waals surface area contributed by atoms with Gasteiger partial charge in [-0.25, -0.2) is 0 Å². The molecule has 0 radical (unpaired) electrons. The molecule has 0 spiro atoms. The van der Waals surface area contributed by atoms with E-state index < -0.39 is 0 Å². The molecule has 0 atom stereocenters. The number of carbonyl (C=O) groups excluding carboxylic acids is 1. The molecule has 2 aromatic rings. The van der Waals surface area contributed by atoms with Crippen LogP contribution in [0.25, 0.3) is 11.1 Å². The van der Waals surface area contributed by atoms with E-state index in [0.29, 0.717) is 16.5 Å². The molecular weight excluding hydrogens is 268 g/mol. The standard InChI is InChI=1S/C18H17ClO/c1-12(20)15-10-9-14(11-18(15)19)17-8-3-2-7-16(17)13-5-4-6-13/h2-3,7-11,13H,4-6H2,1H3. The van der Waals surface area contributed by atoms with E-state index in [-0.39, 0.29) is 5.78 Å². The third kappa shape index (κ3) is 2.38. The third-order valence-electron chi connectivity index (χ3n) is 4.17. The summed E-state index contributed by atoms with van der Waals surface area (Å²) in [5.41, 5.74) is 4.35. The van der Waals surface area contributed by atoms with Gasteiger partial charge in [0.05, 0.1) is 5.02 Å². The van der Waals surface area contributed by atoms with Crippen LogP contribution < -0.4 is 0 Å². The van der Waals surface area contributed by atoms with Crippen molar-refractivity contribution in [3.63, 3.8) is 0 Å². The molecule has 3 rings (SSSR count). The van der Waals surface area contributed by atoms with Gasteiger partial charge >= 0.3 is 0 Å². The molecule has 1 saturated carbocycles. The number of rotatable bonds is 3. The zero-order valence-electron chi connectivity index (χ0n) is 11.5. The average Bonchev–Trinajstić information content (AvgIpc) is 2.37. The Hall–Kier alpha value is -1.60. The summed E-state index contributed by atoms with van der Waals surface area (Å²) in [5, 5.41) is 0.540. The van der Waals surface area contributed by atoms with Gasteiger partial charge in [-0.15, -0.1) is 0 Å². The molecule has 1 aliphatic rings. The molecule has 0 unspecified atom stereocenters. The number of carbonyl (C=O) groups is 1. The predicted molar refractivity (Wildman–Crippen MR) is 83.5 cm³/mol. The van der Waals surface area contributed by atoms with Gasteiger partial charge in [0.1, 0.15) is 0 Å². The van der Waals surface area contributed by atoms with E-state index in [1.54, 1.807) is 6.92 Å². The first-order chi connectivity index (χ1) is 9.66. The molecule has 0 bridgehead atoms. The Kier molecular flexibility index (Phi) is 3.62. The Bertz CT molecular complexity index is 656. The molecule has 1 fully saturated rings. The lowest BCUT2D eigenvalue weighted by Gasteiger charge is -2.28. The van der Waals surface area contributed by atoms with Gasteiger partial charge in [-0.3, -0.25) is 4.79 Å². The molecular formula is C18H17ClO. The Balaban J connectivity index is 2.05. The Morgan fingerprint density at radius 1 is 1.15 bits per heavy atom. The number of hydrogen-bond donors (Lipinski definition) is 0. The molecule has 0 amide bonds. The van der Waals surface area contributed by atoms with Gasteiger partial charge in [0, 0.05) is 5.56 Å². The first kappa shape index (κ1) is 13.4. The van der Waals surface area contributed by atoms with E-state index in [1.807, 2.05) is 18.2 Å². The maximum atomic E-state index is 11.5. The zero-order valence-corrected chi connectivity index (χ0v) is 12.3. The van der Waals surface area contributed by atoms with Crippen LogP contribution in [0.2, 0.25) is 5.02 Å². The van der Waals surface area contributed by atoms with Crippen LogP contribution in [0.4, 0.5) is 0 Å². The van der Waals surface area contributed by atoms with Crippen molar-refractivity contribution in [1.82, 2.24) is 0 Å². The second-order valence-electron chi connectivity index (χ2n) is 5.47. The summed E-state index contributed by atoms with van der Waals surface area (Å²) in [7, 11) is 0. The molecule has 102 valence electrons. The average molecular weight is 285 g/mol. The monoisotopic (exact) mass is 284 g/mol. The molecule has 2 aromatic carbocycles. The summed E-state index contributed by atoms with van der Waals surface area (Å²) in [4.78, 5) is 11.5. The van der Waals surface area contributed by atoms with E-state index >= 15 is 0 Å². The molecule has 1 aliphatic carbocycles. The first-order valence-corrected chi connectivity index (χ1v) is 7.44. The smallest absolute Gasteiger partial charge is 0.161 e. The van der Waals surface area contributed by atoms with Crippen molar-refractivity contribution in [2.75, 3.05) is 0 Å². The SMILES string of the molecule is CC(=O)c1ccc(-c2ccccc2C2CCC2)cc1Cl. The maximum absolute atomic E-state index is 11.5. The van der Waals surface area contributed by atoms with Gasteiger partial charge in [0.2, 0.25) is 0 Å².